The van der Waals surface area contributed by atoms with Crippen LogP contribution in [-0.4, -0.2) is 17.4 Å². The van der Waals surface area contributed by atoms with Gasteiger partial charge in [-0.3, -0.25) is 4.79 Å². The Morgan fingerprint density at radius 3 is 2.52 bits per heavy atom. The highest BCUT2D eigenvalue weighted by Crippen LogP contribution is 2.26. The molecule has 1 fully saturated rings. The summed E-state index contributed by atoms with van der Waals surface area (Å²) in [6.45, 7) is 0.985. The van der Waals surface area contributed by atoms with Crippen molar-refractivity contribution in [3.05, 3.63) is 83.8 Å². The normalized spacial score (nSPS) is 14.0. The summed E-state index contributed by atoms with van der Waals surface area (Å²) in [5.41, 5.74) is 1.28. The lowest BCUT2D eigenvalue weighted by Gasteiger charge is -2.21. The number of carbonyl (C=O) groups excluding carboxylic acids is 1. The third-order valence-electron chi connectivity index (χ3n) is 5.90. The van der Waals surface area contributed by atoms with Crippen molar-refractivity contribution in [2.45, 2.75) is 45.1 Å². The predicted octanol–water partition coefficient (Wildman–Crippen LogP) is 6.29. The third kappa shape index (κ3) is 7.04. The summed E-state index contributed by atoms with van der Waals surface area (Å²) in [5.74, 6) is 2.01. The van der Waals surface area contributed by atoms with E-state index in [0.717, 1.165) is 17.9 Å². The minimum absolute atomic E-state index is 0.107. The topological polar surface area (TPSA) is 60.5 Å². The maximum atomic E-state index is 13.2. The molecule has 5 nitrogen and oxygen atoms in total. The maximum Gasteiger partial charge on any atom is 0.252 e. The first-order valence-corrected chi connectivity index (χ1v) is 11.5. The highest BCUT2D eigenvalue weighted by Gasteiger charge is 2.14. The predicted molar refractivity (Wildman–Crippen MR) is 125 cm³/mol. The zero-order valence-corrected chi connectivity index (χ0v) is 18.6. The van der Waals surface area contributed by atoms with Crippen molar-refractivity contribution in [2.75, 3.05) is 6.54 Å². The Labute approximate surface area is 194 Å². The summed E-state index contributed by atoms with van der Waals surface area (Å²) in [6, 6.07) is 16.8. The first-order valence-electron chi connectivity index (χ1n) is 11.5. The molecule has 0 bridgehead atoms. The number of carbonyl (C=O) groups is 1. The lowest BCUT2D eigenvalue weighted by Crippen LogP contribution is -2.26. The van der Waals surface area contributed by atoms with Gasteiger partial charge in [-0.1, -0.05) is 44.2 Å². The van der Waals surface area contributed by atoms with Crippen LogP contribution in [0.25, 0.3) is 0 Å². The SMILES string of the molecule is O=C(NCCC1CCCCC1)c1ccc(Oc2ccc(OCc3cccc(F)c3)cc2)nc1. The number of nitrogens with zero attached hydrogens (tertiary/aromatic N) is 1. The van der Waals surface area contributed by atoms with Gasteiger partial charge < -0.3 is 14.8 Å². The van der Waals surface area contributed by atoms with Gasteiger partial charge in [0.05, 0.1) is 5.56 Å². The molecule has 0 atom stereocenters. The number of ether oxygens (including phenoxy) is 2. The number of halogens is 1. The molecule has 1 aliphatic rings. The van der Waals surface area contributed by atoms with Crippen molar-refractivity contribution in [1.82, 2.24) is 10.3 Å². The van der Waals surface area contributed by atoms with Crippen molar-refractivity contribution >= 4 is 5.91 Å². The minimum atomic E-state index is -0.282. The summed E-state index contributed by atoms with van der Waals surface area (Å²) >= 11 is 0. The summed E-state index contributed by atoms with van der Waals surface area (Å²) in [6.07, 6.45) is 9.11. The second-order valence-corrected chi connectivity index (χ2v) is 8.43. The van der Waals surface area contributed by atoms with Crippen LogP contribution in [0.15, 0.2) is 66.9 Å². The van der Waals surface area contributed by atoms with Crippen LogP contribution in [0.1, 0.15) is 54.4 Å². The standard InChI is InChI=1S/C27H29FN2O3/c28-23-8-4-7-21(17-23)19-32-24-10-12-25(13-11-24)33-26-14-9-22(18-30-26)27(31)29-16-15-20-5-2-1-3-6-20/h4,7-14,17-18,20H,1-3,5-6,15-16,19H2,(H,29,31). The molecule has 0 aliphatic heterocycles. The van der Waals surface area contributed by atoms with E-state index in [1.807, 2.05) is 6.07 Å². The van der Waals surface area contributed by atoms with Crippen LogP contribution in [0.4, 0.5) is 4.39 Å². The lowest BCUT2D eigenvalue weighted by atomic mass is 9.87. The third-order valence-corrected chi connectivity index (χ3v) is 5.90. The first-order chi connectivity index (χ1) is 16.2. The fraction of sp³-hybridized carbons (Fsp3) is 0.333. The molecule has 0 spiro atoms. The number of hydrogen-bond acceptors (Lipinski definition) is 4. The molecule has 1 heterocycles. The Morgan fingerprint density at radius 1 is 1.00 bits per heavy atom. The number of rotatable bonds is 9. The minimum Gasteiger partial charge on any atom is -0.489 e. The van der Waals surface area contributed by atoms with Crippen LogP contribution in [0, 0.1) is 11.7 Å². The molecule has 2 aromatic carbocycles. The fourth-order valence-electron chi connectivity index (χ4n) is 4.06. The number of nitrogens with one attached hydrogen (secondary N) is 1. The van der Waals surface area contributed by atoms with E-state index < -0.39 is 0 Å². The van der Waals surface area contributed by atoms with E-state index in [4.69, 9.17) is 9.47 Å². The molecule has 0 saturated heterocycles. The fourth-order valence-corrected chi connectivity index (χ4v) is 4.06. The van der Waals surface area contributed by atoms with E-state index in [0.29, 0.717) is 29.5 Å². The zero-order chi connectivity index (χ0) is 22.9. The van der Waals surface area contributed by atoms with E-state index in [-0.39, 0.29) is 18.3 Å². The van der Waals surface area contributed by atoms with Crippen molar-refractivity contribution in [1.29, 1.82) is 0 Å². The van der Waals surface area contributed by atoms with Gasteiger partial charge >= 0.3 is 0 Å². The van der Waals surface area contributed by atoms with Crippen LogP contribution in [0.2, 0.25) is 0 Å². The van der Waals surface area contributed by atoms with Crippen LogP contribution < -0.4 is 14.8 Å². The monoisotopic (exact) mass is 448 g/mol. The summed E-state index contributed by atoms with van der Waals surface area (Å²) in [4.78, 5) is 16.6. The average molecular weight is 449 g/mol. The molecule has 1 saturated carbocycles. The molecule has 0 unspecified atom stereocenters. The molecular weight excluding hydrogens is 419 g/mol. The molecule has 33 heavy (non-hydrogen) atoms. The summed E-state index contributed by atoms with van der Waals surface area (Å²) < 4.78 is 24.7. The van der Waals surface area contributed by atoms with Gasteiger partial charge in [-0.2, -0.15) is 0 Å². The molecule has 6 heteroatoms. The number of benzene rings is 2. The molecule has 1 aromatic heterocycles. The molecule has 1 amide bonds. The van der Waals surface area contributed by atoms with Crippen molar-refractivity contribution in [2.24, 2.45) is 5.92 Å². The van der Waals surface area contributed by atoms with E-state index in [1.165, 1.54) is 50.4 Å². The Bertz CT molecular complexity index is 1030. The van der Waals surface area contributed by atoms with Gasteiger partial charge in [-0.05, 0) is 60.4 Å². The number of amides is 1. The van der Waals surface area contributed by atoms with E-state index >= 15 is 0 Å². The smallest absolute Gasteiger partial charge is 0.252 e. The second kappa shape index (κ2) is 11.5. The van der Waals surface area contributed by atoms with Gasteiger partial charge in [-0.25, -0.2) is 9.37 Å². The van der Waals surface area contributed by atoms with Gasteiger partial charge in [0.15, 0.2) is 0 Å². The summed E-state index contributed by atoms with van der Waals surface area (Å²) in [5, 5.41) is 2.99. The van der Waals surface area contributed by atoms with Crippen LogP contribution >= 0.6 is 0 Å². The molecule has 1 aliphatic carbocycles. The molecule has 4 rings (SSSR count). The van der Waals surface area contributed by atoms with Crippen molar-refractivity contribution in [3.8, 4) is 17.4 Å². The maximum absolute atomic E-state index is 13.2. The Kier molecular flexibility index (Phi) is 7.90. The summed E-state index contributed by atoms with van der Waals surface area (Å²) in [7, 11) is 0. The Balaban J connectivity index is 1.23. The Morgan fingerprint density at radius 2 is 1.79 bits per heavy atom. The zero-order valence-electron chi connectivity index (χ0n) is 18.6. The van der Waals surface area contributed by atoms with Crippen molar-refractivity contribution < 1.29 is 18.7 Å². The van der Waals surface area contributed by atoms with Gasteiger partial charge in [0, 0.05) is 18.8 Å². The molecule has 172 valence electrons. The molecule has 0 radical (unpaired) electrons. The Hall–Kier alpha value is -3.41. The number of hydrogen-bond donors (Lipinski definition) is 1. The number of aromatic nitrogens is 1. The molecule has 3 aromatic rings. The van der Waals surface area contributed by atoms with Crippen LogP contribution in [0.5, 0.6) is 17.4 Å². The molecular formula is C27H29FN2O3. The van der Waals surface area contributed by atoms with Gasteiger partial charge in [0.25, 0.3) is 5.91 Å². The first kappa shape index (κ1) is 22.8. The van der Waals surface area contributed by atoms with E-state index in [2.05, 4.69) is 10.3 Å². The lowest BCUT2D eigenvalue weighted by molar-refractivity contribution is 0.0950. The second-order valence-electron chi connectivity index (χ2n) is 8.43. The number of pyridine rings is 1. The quantitative estimate of drug-likeness (QED) is 0.418. The highest BCUT2D eigenvalue weighted by molar-refractivity contribution is 5.93. The highest BCUT2D eigenvalue weighted by atomic mass is 19.1. The van der Waals surface area contributed by atoms with Crippen molar-refractivity contribution in [3.63, 3.8) is 0 Å². The average Bonchev–Trinajstić information content (AvgIpc) is 2.85. The van der Waals surface area contributed by atoms with Crippen LogP contribution in [0.3, 0.4) is 0 Å². The van der Waals surface area contributed by atoms with E-state index in [9.17, 15) is 9.18 Å². The van der Waals surface area contributed by atoms with Gasteiger partial charge in [0.1, 0.15) is 23.9 Å². The van der Waals surface area contributed by atoms with Crippen LogP contribution in [-0.2, 0) is 6.61 Å². The largest absolute Gasteiger partial charge is 0.489 e. The van der Waals surface area contributed by atoms with E-state index in [1.54, 1.807) is 42.5 Å². The molecule has 1 N–H and O–H groups in total. The van der Waals surface area contributed by atoms with Gasteiger partial charge in [-0.15, -0.1) is 0 Å². The van der Waals surface area contributed by atoms with Gasteiger partial charge in [0.2, 0.25) is 5.88 Å².